The topological polar surface area (TPSA) is 32.7 Å². The SMILES string of the molecule is C[C@@H]1C[C@@H](C)CN(C[C@H](O)COCCC23CC4CC(CC(C4)C2)C3)C1. The third-order valence-electron chi connectivity index (χ3n) is 7.67. The van der Waals surface area contributed by atoms with Crippen molar-refractivity contribution in [3.05, 3.63) is 0 Å². The van der Waals surface area contributed by atoms with Gasteiger partial charge in [-0.05, 0) is 86.4 Å². The Morgan fingerprint density at radius 3 is 2.08 bits per heavy atom. The van der Waals surface area contributed by atoms with Gasteiger partial charge in [-0.2, -0.15) is 0 Å². The molecule has 5 aliphatic rings. The summed E-state index contributed by atoms with van der Waals surface area (Å²) in [5.74, 6) is 4.60. The normalized spacial score (nSPS) is 45.0. The zero-order valence-corrected chi connectivity index (χ0v) is 16.5. The molecule has 3 atom stereocenters. The van der Waals surface area contributed by atoms with E-state index in [1.165, 1.54) is 51.4 Å². The highest BCUT2D eigenvalue weighted by molar-refractivity contribution is 5.01. The van der Waals surface area contributed by atoms with Gasteiger partial charge in [-0.15, -0.1) is 0 Å². The Morgan fingerprint density at radius 2 is 1.52 bits per heavy atom. The van der Waals surface area contributed by atoms with E-state index in [9.17, 15) is 5.11 Å². The summed E-state index contributed by atoms with van der Waals surface area (Å²) in [6.07, 6.45) is 11.2. The van der Waals surface area contributed by atoms with Crippen LogP contribution < -0.4 is 0 Å². The van der Waals surface area contributed by atoms with Crippen molar-refractivity contribution in [1.82, 2.24) is 4.90 Å². The van der Waals surface area contributed by atoms with E-state index < -0.39 is 0 Å². The van der Waals surface area contributed by atoms with E-state index in [1.54, 1.807) is 0 Å². The van der Waals surface area contributed by atoms with Crippen molar-refractivity contribution in [3.63, 3.8) is 0 Å². The molecule has 0 unspecified atom stereocenters. The van der Waals surface area contributed by atoms with Crippen LogP contribution in [0.15, 0.2) is 0 Å². The third kappa shape index (κ3) is 4.42. The highest BCUT2D eigenvalue weighted by Crippen LogP contribution is 2.61. The predicted octanol–water partition coefficient (Wildman–Crippen LogP) is 3.95. The molecular formula is C22H39NO2. The number of ether oxygens (including phenoxy) is 1. The van der Waals surface area contributed by atoms with Gasteiger partial charge >= 0.3 is 0 Å². The lowest BCUT2D eigenvalue weighted by atomic mass is 9.49. The Labute approximate surface area is 154 Å². The largest absolute Gasteiger partial charge is 0.389 e. The van der Waals surface area contributed by atoms with Crippen LogP contribution in [0.1, 0.15) is 65.2 Å². The fourth-order valence-corrected chi connectivity index (χ4v) is 7.40. The van der Waals surface area contributed by atoms with Crippen LogP contribution in [0.2, 0.25) is 0 Å². The number of hydrogen-bond donors (Lipinski definition) is 1. The maximum Gasteiger partial charge on any atom is 0.0900 e. The molecule has 5 rings (SSSR count). The third-order valence-corrected chi connectivity index (χ3v) is 7.67. The second-order valence-corrected chi connectivity index (χ2v) is 10.6. The summed E-state index contributed by atoms with van der Waals surface area (Å²) in [4.78, 5) is 2.44. The molecule has 0 aromatic heterocycles. The van der Waals surface area contributed by atoms with E-state index in [0.717, 1.165) is 55.8 Å². The number of hydrogen-bond acceptors (Lipinski definition) is 3. The molecule has 25 heavy (non-hydrogen) atoms. The monoisotopic (exact) mass is 349 g/mol. The highest BCUT2D eigenvalue weighted by Gasteiger charge is 2.50. The lowest BCUT2D eigenvalue weighted by molar-refractivity contribution is -0.0746. The molecule has 3 heteroatoms. The molecule has 0 spiro atoms. The molecule has 0 aromatic rings. The number of aliphatic hydroxyl groups excluding tert-OH is 1. The lowest BCUT2D eigenvalue weighted by Gasteiger charge is -2.57. The van der Waals surface area contributed by atoms with Crippen LogP contribution >= 0.6 is 0 Å². The minimum absolute atomic E-state index is 0.325. The van der Waals surface area contributed by atoms with E-state index in [2.05, 4.69) is 18.7 Å². The van der Waals surface area contributed by atoms with Gasteiger partial charge in [0.25, 0.3) is 0 Å². The number of aliphatic hydroxyl groups is 1. The summed E-state index contributed by atoms with van der Waals surface area (Å²) in [5, 5.41) is 10.4. The first-order chi connectivity index (χ1) is 12.0. The van der Waals surface area contributed by atoms with Crippen molar-refractivity contribution in [2.45, 2.75) is 71.3 Å². The van der Waals surface area contributed by atoms with Gasteiger partial charge in [0.15, 0.2) is 0 Å². The average Bonchev–Trinajstić information content (AvgIpc) is 2.49. The van der Waals surface area contributed by atoms with Crippen molar-refractivity contribution in [1.29, 1.82) is 0 Å². The van der Waals surface area contributed by atoms with Gasteiger partial charge in [0.1, 0.15) is 0 Å². The van der Waals surface area contributed by atoms with E-state index in [0.29, 0.717) is 12.0 Å². The molecule has 5 fully saturated rings. The molecule has 4 saturated carbocycles. The quantitative estimate of drug-likeness (QED) is 0.707. The maximum absolute atomic E-state index is 10.4. The number of β-amino-alcohol motifs (C(OH)–C–C–N with tert-alkyl or cyclic N) is 1. The van der Waals surface area contributed by atoms with E-state index in [4.69, 9.17) is 4.74 Å². The molecule has 1 N–H and O–H groups in total. The fourth-order valence-electron chi connectivity index (χ4n) is 7.40. The summed E-state index contributed by atoms with van der Waals surface area (Å²) in [5.41, 5.74) is 0.609. The van der Waals surface area contributed by atoms with Gasteiger partial charge in [-0.1, -0.05) is 13.8 Å². The zero-order chi connectivity index (χ0) is 17.4. The molecule has 1 aliphatic heterocycles. The van der Waals surface area contributed by atoms with Crippen molar-refractivity contribution in [3.8, 4) is 0 Å². The van der Waals surface area contributed by atoms with E-state index in [1.807, 2.05) is 0 Å². The average molecular weight is 350 g/mol. The number of piperidine rings is 1. The second-order valence-electron chi connectivity index (χ2n) is 10.6. The predicted molar refractivity (Wildman–Crippen MR) is 101 cm³/mol. The standard InChI is InChI=1S/C22H39NO2/c1-16-5-17(2)13-23(12-16)14-21(24)15-25-4-3-22-9-18-6-19(10-22)8-20(7-18)11-22/h16-21,24H,3-15H2,1-2H3/t16-,17-,18?,19?,20?,21+,22?/m1/s1. The first-order valence-corrected chi connectivity index (χ1v) is 11.0. The fraction of sp³-hybridized carbons (Fsp3) is 1.00. The Morgan fingerprint density at radius 1 is 0.960 bits per heavy atom. The number of rotatable bonds is 7. The van der Waals surface area contributed by atoms with E-state index in [-0.39, 0.29) is 6.10 Å². The summed E-state index contributed by atoms with van der Waals surface area (Å²) in [6.45, 7) is 9.09. The molecule has 1 saturated heterocycles. The maximum atomic E-state index is 10.4. The Hall–Kier alpha value is -0.120. The van der Waals surface area contributed by atoms with Crippen LogP contribution in [0.5, 0.6) is 0 Å². The van der Waals surface area contributed by atoms with Crippen molar-refractivity contribution in [2.24, 2.45) is 35.0 Å². The van der Waals surface area contributed by atoms with Crippen molar-refractivity contribution < 1.29 is 9.84 Å². The van der Waals surface area contributed by atoms with Crippen LogP contribution in [0, 0.1) is 35.0 Å². The Balaban J connectivity index is 1.16. The van der Waals surface area contributed by atoms with Gasteiger partial charge in [0.2, 0.25) is 0 Å². The minimum Gasteiger partial charge on any atom is -0.389 e. The van der Waals surface area contributed by atoms with Crippen LogP contribution in [0.25, 0.3) is 0 Å². The van der Waals surface area contributed by atoms with Gasteiger partial charge in [0.05, 0.1) is 12.7 Å². The van der Waals surface area contributed by atoms with Crippen molar-refractivity contribution >= 4 is 0 Å². The van der Waals surface area contributed by atoms with Gasteiger partial charge in [-0.3, -0.25) is 0 Å². The summed E-state index contributed by atoms with van der Waals surface area (Å²) >= 11 is 0. The van der Waals surface area contributed by atoms with Crippen LogP contribution in [-0.2, 0) is 4.74 Å². The number of nitrogens with zero attached hydrogens (tertiary/aromatic N) is 1. The van der Waals surface area contributed by atoms with Crippen LogP contribution in [0.4, 0.5) is 0 Å². The zero-order valence-electron chi connectivity index (χ0n) is 16.5. The molecular weight excluding hydrogens is 310 g/mol. The first kappa shape index (κ1) is 18.3. The Kier molecular flexibility index (Phi) is 5.46. The van der Waals surface area contributed by atoms with E-state index >= 15 is 0 Å². The molecule has 3 nitrogen and oxygen atoms in total. The molecule has 4 aliphatic carbocycles. The smallest absolute Gasteiger partial charge is 0.0900 e. The van der Waals surface area contributed by atoms with Gasteiger partial charge in [-0.25, -0.2) is 0 Å². The molecule has 0 aromatic carbocycles. The van der Waals surface area contributed by atoms with Crippen molar-refractivity contribution in [2.75, 3.05) is 32.8 Å². The second kappa shape index (κ2) is 7.48. The summed E-state index contributed by atoms with van der Waals surface area (Å²) in [7, 11) is 0. The molecule has 0 radical (unpaired) electrons. The first-order valence-electron chi connectivity index (χ1n) is 11.0. The van der Waals surface area contributed by atoms with Crippen LogP contribution in [0.3, 0.4) is 0 Å². The Bertz CT molecular complexity index is 406. The molecule has 0 amide bonds. The lowest BCUT2D eigenvalue weighted by Crippen LogP contribution is -2.46. The summed E-state index contributed by atoms with van der Waals surface area (Å²) < 4.78 is 5.95. The molecule has 4 bridgehead atoms. The minimum atomic E-state index is -0.325. The molecule has 144 valence electrons. The van der Waals surface area contributed by atoms with Crippen LogP contribution in [-0.4, -0.2) is 49.0 Å². The molecule has 1 heterocycles. The van der Waals surface area contributed by atoms with Gasteiger partial charge < -0.3 is 14.7 Å². The summed E-state index contributed by atoms with van der Waals surface area (Å²) in [6, 6.07) is 0. The highest BCUT2D eigenvalue weighted by atomic mass is 16.5. The van der Waals surface area contributed by atoms with Gasteiger partial charge in [0, 0.05) is 26.2 Å². The number of likely N-dealkylation sites (tertiary alicyclic amines) is 1.